The summed E-state index contributed by atoms with van der Waals surface area (Å²) in [5.74, 6) is 0.280. The molecule has 0 bridgehead atoms. The van der Waals surface area contributed by atoms with Gasteiger partial charge in [-0.15, -0.1) is 0 Å². The van der Waals surface area contributed by atoms with Crippen molar-refractivity contribution in [2.45, 2.75) is 25.4 Å². The number of hydrogen-bond acceptors (Lipinski definition) is 5. The molecule has 0 radical (unpaired) electrons. The Bertz CT molecular complexity index is 959. The summed E-state index contributed by atoms with van der Waals surface area (Å²) < 4.78 is 15.2. The van der Waals surface area contributed by atoms with Crippen LogP contribution in [-0.4, -0.2) is 51.0 Å². The quantitative estimate of drug-likeness (QED) is 0.764. The van der Waals surface area contributed by atoms with E-state index in [1.807, 2.05) is 4.68 Å². The van der Waals surface area contributed by atoms with Gasteiger partial charge in [0.2, 0.25) is 5.95 Å². The number of halogens is 1. The Hall–Kier alpha value is -3.03. The van der Waals surface area contributed by atoms with E-state index in [0.29, 0.717) is 30.0 Å². The molecule has 1 amide bonds. The van der Waals surface area contributed by atoms with E-state index in [0.717, 1.165) is 18.9 Å². The van der Waals surface area contributed by atoms with Crippen molar-refractivity contribution in [3.63, 3.8) is 0 Å². The molecule has 0 aromatic carbocycles. The molecule has 8 heteroatoms. The molecule has 0 aliphatic carbocycles. The van der Waals surface area contributed by atoms with Crippen molar-refractivity contribution in [2.75, 3.05) is 24.5 Å². The van der Waals surface area contributed by atoms with E-state index in [1.165, 1.54) is 30.0 Å². The first-order chi connectivity index (χ1) is 13.2. The van der Waals surface area contributed by atoms with Crippen LogP contribution in [0.25, 0.3) is 0 Å². The third kappa shape index (κ3) is 2.81. The highest BCUT2D eigenvalue weighted by Gasteiger charge is 2.33. The van der Waals surface area contributed by atoms with Gasteiger partial charge in [0.15, 0.2) is 0 Å². The van der Waals surface area contributed by atoms with Gasteiger partial charge in [0.05, 0.1) is 36.1 Å². The van der Waals surface area contributed by atoms with E-state index in [9.17, 15) is 9.18 Å². The number of fused-ring (bicyclic) bond motifs is 1. The van der Waals surface area contributed by atoms with Crippen LogP contribution in [0, 0.1) is 5.95 Å². The number of carbonyl (C=O) groups is 1. The number of carbonyl (C=O) groups excluding carboxylic acids is 1. The molecule has 1 unspecified atom stereocenters. The van der Waals surface area contributed by atoms with Crippen molar-refractivity contribution >= 4 is 17.4 Å². The first-order valence-corrected chi connectivity index (χ1v) is 9.18. The fraction of sp³-hybridized carbons (Fsp3) is 0.368. The summed E-state index contributed by atoms with van der Waals surface area (Å²) in [4.78, 5) is 24.8. The predicted octanol–water partition coefficient (Wildman–Crippen LogP) is 2.18. The third-order valence-corrected chi connectivity index (χ3v) is 5.29. The van der Waals surface area contributed by atoms with Gasteiger partial charge in [-0.1, -0.05) is 6.08 Å². The highest BCUT2D eigenvalue weighted by molar-refractivity contribution is 6.09. The molecule has 7 nitrogen and oxygen atoms in total. The molecule has 1 atom stereocenters. The number of pyridine rings is 1. The minimum absolute atomic E-state index is 0.0153. The Balaban J connectivity index is 1.32. The van der Waals surface area contributed by atoms with Crippen LogP contribution in [0.15, 0.2) is 41.7 Å². The van der Waals surface area contributed by atoms with Gasteiger partial charge in [0.25, 0.3) is 5.91 Å². The van der Waals surface area contributed by atoms with E-state index >= 15 is 0 Å². The van der Waals surface area contributed by atoms with Crippen molar-refractivity contribution < 1.29 is 9.18 Å². The zero-order chi connectivity index (χ0) is 18.4. The molecule has 2 aromatic rings. The molecule has 0 saturated carbocycles. The van der Waals surface area contributed by atoms with Gasteiger partial charge in [-0.2, -0.15) is 9.49 Å². The van der Waals surface area contributed by atoms with Gasteiger partial charge < -0.3 is 9.80 Å². The second kappa shape index (κ2) is 6.29. The average molecular weight is 366 g/mol. The maximum atomic E-state index is 13.4. The number of amides is 1. The topological polar surface area (TPSA) is 66.6 Å². The van der Waals surface area contributed by atoms with Crippen LogP contribution in [0.4, 0.5) is 10.1 Å². The number of anilines is 1. The number of dihydropyridines is 1. The van der Waals surface area contributed by atoms with Gasteiger partial charge in [-0.3, -0.25) is 14.5 Å². The highest BCUT2D eigenvalue weighted by Crippen LogP contribution is 2.29. The van der Waals surface area contributed by atoms with Crippen molar-refractivity contribution in [1.29, 1.82) is 0 Å². The largest absolute Gasteiger partial charge is 0.357 e. The molecule has 3 aliphatic rings. The standard InChI is InChI=1S/C19H19FN6O/c20-17-9-13(5-6-21-17)25-12-16-15(19(25)27)11-26(23-16)14-3-4-18(22-10-14)24-7-1-2-8-24/h3-6,9,11,14H,1-2,7-8,10,12H2. The van der Waals surface area contributed by atoms with E-state index in [1.54, 1.807) is 12.3 Å². The fourth-order valence-corrected chi connectivity index (χ4v) is 3.85. The number of hydrogen-bond donors (Lipinski definition) is 0. The van der Waals surface area contributed by atoms with Crippen LogP contribution >= 0.6 is 0 Å². The molecule has 0 spiro atoms. The molecule has 5 rings (SSSR count). The summed E-state index contributed by atoms with van der Waals surface area (Å²) in [6.45, 7) is 3.10. The zero-order valence-corrected chi connectivity index (χ0v) is 14.8. The molecular formula is C19H19FN6O. The number of likely N-dealkylation sites (tertiary alicyclic amines) is 1. The first-order valence-electron chi connectivity index (χ1n) is 9.18. The number of aliphatic imine (C=N–C) groups is 1. The number of aromatic nitrogens is 3. The van der Waals surface area contributed by atoms with E-state index in [-0.39, 0.29) is 11.9 Å². The first kappa shape index (κ1) is 16.2. The van der Waals surface area contributed by atoms with E-state index in [4.69, 9.17) is 4.99 Å². The van der Waals surface area contributed by atoms with Gasteiger partial charge in [0.1, 0.15) is 5.84 Å². The molecule has 138 valence electrons. The maximum absolute atomic E-state index is 13.4. The Morgan fingerprint density at radius 3 is 2.78 bits per heavy atom. The second-order valence-corrected chi connectivity index (χ2v) is 7.02. The summed E-state index contributed by atoms with van der Waals surface area (Å²) in [5.41, 5.74) is 1.77. The minimum atomic E-state index is -0.603. The lowest BCUT2D eigenvalue weighted by atomic mass is 10.2. The van der Waals surface area contributed by atoms with Crippen LogP contribution < -0.4 is 4.90 Å². The predicted molar refractivity (Wildman–Crippen MR) is 98.2 cm³/mol. The molecule has 1 saturated heterocycles. The van der Waals surface area contributed by atoms with Crippen LogP contribution in [-0.2, 0) is 6.54 Å². The monoisotopic (exact) mass is 366 g/mol. The van der Waals surface area contributed by atoms with Crippen molar-refractivity contribution in [3.05, 3.63) is 53.9 Å². The van der Waals surface area contributed by atoms with Gasteiger partial charge in [0, 0.05) is 31.5 Å². The van der Waals surface area contributed by atoms with Crippen molar-refractivity contribution in [1.82, 2.24) is 19.7 Å². The summed E-state index contributed by atoms with van der Waals surface area (Å²) in [6, 6.07) is 2.90. The zero-order valence-electron chi connectivity index (χ0n) is 14.8. The van der Waals surface area contributed by atoms with Crippen LogP contribution in [0.2, 0.25) is 0 Å². The summed E-state index contributed by atoms with van der Waals surface area (Å²) >= 11 is 0. The molecule has 27 heavy (non-hydrogen) atoms. The lowest BCUT2D eigenvalue weighted by Gasteiger charge is -2.23. The lowest BCUT2D eigenvalue weighted by Crippen LogP contribution is -2.29. The second-order valence-electron chi connectivity index (χ2n) is 7.02. The molecular weight excluding hydrogens is 347 g/mol. The van der Waals surface area contributed by atoms with Crippen LogP contribution in [0.3, 0.4) is 0 Å². The summed E-state index contributed by atoms with van der Waals surface area (Å²) in [7, 11) is 0. The Kier molecular flexibility index (Phi) is 3.77. The summed E-state index contributed by atoms with van der Waals surface area (Å²) in [6.07, 6.45) is 9.74. The van der Waals surface area contributed by atoms with E-state index in [2.05, 4.69) is 27.1 Å². The third-order valence-electron chi connectivity index (χ3n) is 5.29. The molecule has 5 heterocycles. The normalized spacial score (nSPS) is 21.7. The SMILES string of the molecule is O=C1c2cn(C3C=CC(N4CCCC4)=NC3)nc2CN1c1ccnc(F)c1. The van der Waals surface area contributed by atoms with E-state index < -0.39 is 5.95 Å². The molecule has 3 aliphatic heterocycles. The Morgan fingerprint density at radius 1 is 1.22 bits per heavy atom. The van der Waals surface area contributed by atoms with Gasteiger partial charge >= 0.3 is 0 Å². The lowest BCUT2D eigenvalue weighted by molar-refractivity contribution is 0.0996. The maximum Gasteiger partial charge on any atom is 0.262 e. The smallest absolute Gasteiger partial charge is 0.262 e. The van der Waals surface area contributed by atoms with Gasteiger partial charge in [-0.05, 0) is 25.0 Å². The minimum Gasteiger partial charge on any atom is -0.357 e. The average Bonchev–Trinajstić information content (AvgIpc) is 3.40. The number of rotatable bonds is 2. The fourth-order valence-electron chi connectivity index (χ4n) is 3.85. The summed E-state index contributed by atoms with van der Waals surface area (Å²) in [5, 5.41) is 4.60. The Labute approximate surface area is 155 Å². The van der Waals surface area contributed by atoms with Gasteiger partial charge in [-0.25, -0.2) is 4.98 Å². The molecule has 2 aromatic heterocycles. The molecule has 1 fully saturated rings. The van der Waals surface area contributed by atoms with Crippen molar-refractivity contribution in [3.8, 4) is 0 Å². The molecule has 0 N–H and O–H groups in total. The Morgan fingerprint density at radius 2 is 2.07 bits per heavy atom. The van der Waals surface area contributed by atoms with Crippen molar-refractivity contribution in [2.24, 2.45) is 4.99 Å². The van der Waals surface area contributed by atoms with Crippen LogP contribution in [0.1, 0.15) is 34.9 Å². The number of amidine groups is 1. The van der Waals surface area contributed by atoms with Crippen LogP contribution in [0.5, 0.6) is 0 Å². The number of nitrogens with zero attached hydrogens (tertiary/aromatic N) is 6. The highest BCUT2D eigenvalue weighted by atomic mass is 19.1.